The van der Waals surface area contributed by atoms with Gasteiger partial charge in [0.1, 0.15) is 11.9 Å². The van der Waals surface area contributed by atoms with Crippen molar-refractivity contribution in [3.63, 3.8) is 0 Å². The molecule has 0 spiro atoms. The molecule has 1 atom stereocenters. The Labute approximate surface area is 176 Å². The second kappa shape index (κ2) is 9.18. The van der Waals surface area contributed by atoms with Crippen LogP contribution in [0.5, 0.6) is 0 Å². The first kappa shape index (κ1) is 19.6. The fourth-order valence-electron chi connectivity index (χ4n) is 3.68. The number of rotatable bonds is 7. The molecule has 0 radical (unpaired) electrons. The van der Waals surface area contributed by atoms with Crippen molar-refractivity contribution < 1.29 is 4.79 Å². The quantitative estimate of drug-likeness (QED) is 0.649. The van der Waals surface area contributed by atoms with Crippen LogP contribution in [0.1, 0.15) is 35.4 Å². The maximum absolute atomic E-state index is 12.8. The Morgan fingerprint density at radius 2 is 1.93 bits per heavy atom. The van der Waals surface area contributed by atoms with Crippen molar-refractivity contribution >= 4 is 22.6 Å². The average Bonchev–Trinajstić information content (AvgIpc) is 3.40. The highest BCUT2D eigenvalue weighted by Crippen LogP contribution is 2.27. The molecule has 1 amide bonds. The topological polar surface area (TPSA) is 58.1 Å². The second-order valence-corrected chi connectivity index (χ2v) is 8.26. The van der Waals surface area contributed by atoms with E-state index in [0.717, 1.165) is 43.2 Å². The lowest BCUT2D eigenvalue weighted by Gasteiger charge is -2.22. The highest BCUT2D eigenvalue weighted by molar-refractivity contribution is 7.09. The lowest BCUT2D eigenvalue weighted by atomic mass is 10.1. The van der Waals surface area contributed by atoms with Crippen LogP contribution < -0.4 is 10.2 Å². The summed E-state index contributed by atoms with van der Waals surface area (Å²) in [5.74, 6) is 0.915. The maximum atomic E-state index is 12.8. The Morgan fingerprint density at radius 3 is 2.72 bits per heavy atom. The van der Waals surface area contributed by atoms with E-state index in [1.807, 2.05) is 18.2 Å². The average molecular weight is 407 g/mol. The molecular weight excluding hydrogens is 380 g/mol. The van der Waals surface area contributed by atoms with Crippen molar-refractivity contribution in [3.05, 3.63) is 77.1 Å². The van der Waals surface area contributed by atoms with E-state index in [1.165, 1.54) is 28.2 Å². The molecule has 4 rings (SSSR count). The zero-order valence-electron chi connectivity index (χ0n) is 16.7. The van der Waals surface area contributed by atoms with Gasteiger partial charge in [-0.3, -0.25) is 4.79 Å². The molecule has 0 saturated carbocycles. The lowest BCUT2D eigenvalue weighted by molar-refractivity contribution is -0.122. The van der Waals surface area contributed by atoms with Crippen molar-refractivity contribution in [1.82, 2.24) is 14.7 Å². The van der Waals surface area contributed by atoms with Gasteiger partial charge in [-0.2, -0.15) is 4.37 Å². The summed E-state index contributed by atoms with van der Waals surface area (Å²) in [4.78, 5) is 19.6. The number of carbonyl (C=O) groups excluding carboxylic acids is 1. The summed E-state index contributed by atoms with van der Waals surface area (Å²) in [7, 11) is 0. The normalized spacial score (nSPS) is 16.2. The molecule has 2 heterocycles. The van der Waals surface area contributed by atoms with Crippen molar-refractivity contribution in [3.8, 4) is 0 Å². The van der Waals surface area contributed by atoms with Crippen molar-refractivity contribution in [2.75, 3.05) is 18.0 Å². The summed E-state index contributed by atoms with van der Waals surface area (Å²) in [6.45, 7) is 3.60. The highest BCUT2D eigenvalue weighted by atomic mass is 32.1. The summed E-state index contributed by atoms with van der Waals surface area (Å²) in [6.07, 6.45) is 3.44. The van der Waals surface area contributed by atoms with E-state index in [0.29, 0.717) is 6.54 Å². The van der Waals surface area contributed by atoms with E-state index in [9.17, 15) is 4.79 Å². The molecule has 1 aromatic heterocycles. The summed E-state index contributed by atoms with van der Waals surface area (Å²) in [5.41, 5.74) is 3.69. The maximum Gasteiger partial charge on any atom is 0.242 e. The van der Waals surface area contributed by atoms with Crippen LogP contribution in [0.25, 0.3) is 0 Å². The molecule has 1 fully saturated rings. The molecule has 1 aliphatic heterocycles. The molecule has 1 N–H and O–H groups in total. The van der Waals surface area contributed by atoms with Crippen LogP contribution in [0.15, 0.2) is 54.6 Å². The minimum Gasteiger partial charge on any atom is -0.354 e. The fraction of sp³-hybridized carbons (Fsp3) is 0.348. The molecule has 2 aromatic carbocycles. The van der Waals surface area contributed by atoms with Gasteiger partial charge in [0.25, 0.3) is 0 Å². The summed E-state index contributed by atoms with van der Waals surface area (Å²) < 4.78 is 4.53. The predicted molar refractivity (Wildman–Crippen MR) is 117 cm³/mol. The van der Waals surface area contributed by atoms with Crippen LogP contribution >= 0.6 is 11.5 Å². The Kier molecular flexibility index (Phi) is 6.20. The largest absolute Gasteiger partial charge is 0.354 e. The molecule has 150 valence electrons. The summed E-state index contributed by atoms with van der Waals surface area (Å²) >= 11 is 1.40. The van der Waals surface area contributed by atoms with E-state index in [4.69, 9.17) is 4.98 Å². The third kappa shape index (κ3) is 5.01. The molecule has 29 heavy (non-hydrogen) atoms. The van der Waals surface area contributed by atoms with Gasteiger partial charge < -0.3 is 10.2 Å². The number of aryl methyl sites for hydroxylation is 1. The number of nitrogens with zero attached hydrogens (tertiary/aromatic N) is 3. The second-order valence-electron chi connectivity index (χ2n) is 7.53. The summed E-state index contributed by atoms with van der Waals surface area (Å²) in [5, 5.41) is 3.96. The van der Waals surface area contributed by atoms with Gasteiger partial charge in [-0.25, -0.2) is 4.98 Å². The highest BCUT2D eigenvalue weighted by Gasteiger charge is 2.32. The van der Waals surface area contributed by atoms with E-state index in [-0.39, 0.29) is 11.9 Å². The Bertz CT molecular complexity index is 939. The van der Waals surface area contributed by atoms with Gasteiger partial charge in [-0.15, -0.1) is 0 Å². The molecular formula is C23H26N4OS. The molecule has 1 saturated heterocycles. The number of benzene rings is 2. The van der Waals surface area contributed by atoms with Crippen molar-refractivity contribution in [2.45, 2.75) is 38.6 Å². The number of nitrogens with one attached hydrogen (secondary N) is 1. The van der Waals surface area contributed by atoms with Gasteiger partial charge in [0.2, 0.25) is 11.0 Å². The van der Waals surface area contributed by atoms with Gasteiger partial charge in [0.15, 0.2) is 0 Å². The number of hydrogen-bond donors (Lipinski definition) is 1. The number of amides is 1. The summed E-state index contributed by atoms with van der Waals surface area (Å²) in [6, 6.07) is 18.6. The Morgan fingerprint density at radius 1 is 1.14 bits per heavy atom. The van der Waals surface area contributed by atoms with Crippen LogP contribution in [0.2, 0.25) is 0 Å². The Hall–Kier alpha value is -2.73. The number of carbonyl (C=O) groups is 1. The lowest BCUT2D eigenvalue weighted by Crippen LogP contribution is -2.44. The number of hydrogen-bond acceptors (Lipinski definition) is 5. The monoisotopic (exact) mass is 406 g/mol. The van der Waals surface area contributed by atoms with Gasteiger partial charge in [-0.1, -0.05) is 60.2 Å². The van der Waals surface area contributed by atoms with E-state index in [2.05, 4.69) is 57.9 Å². The van der Waals surface area contributed by atoms with Crippen LogP contribution in [0.3, 0.4) is 0 Å². The smallest absolute Gasteiger partial charge is 0.242 e. The minimum atomic E-state index is -0.147. The molecule has 0 unspecified atom stereocenters. The van der Waals surface area contributed by atoms with Gasteiger partial charge in [-0.05, 0) is 37.3 Å². The fourth-order valence-corrected chi connectivity index (χ4v) is 4.44. The van der Waals surface area contributed by atoms with Crippen LogP contribution in [-0.4, -0.2) is 34.4 Å². The molecule has 1 aliphatic rings. The van der Waals surface area contributed by atoms with Crippen LogP contribution in [0, 0.1) is 6.92 Å². The zero-order valence-corrected chi connectivity index (χ0v) is 17.5. The minimum absolute atomic E-state index is 0.0914. The van der Waals surface area contributed by atoms with E-state index >= 15 is 0 Å². The molecule has 6 heteroatoms. The molecule has 0 aliphatic carbocycles. The molecule has 5 nitrogen and oxygen atoms in total. The first-order chi connectivity index (χ1) is 14.2. The third-order valence-electron chi connectivity index (χ3n) is 5.30. The van der Waals surface area contributed by atoms with Gasteiger partial charge in [0, 0.05) is 31.0 Å². The van der Waals surface area contributed by atoms with Gasteiger partial charge >= 0.3 is 0 Å². The van der Waals surface area contributed by atoms with E-state index < -0.39 is 0 Å². The van der Waals surface area contributed by atoms with E-state index in [1.54, 1.807) is 0 Å². The van der Waals surface area contributed by atoms with Gasteiger partial charge in [0.05, 0.1) is 0 Å². The third-order valence-corrected chi connectivity index (χ3v) is 6.09. The van der Waals surface area contributed by atoms with Crippen LogP contribution in [0.4, 0.5) is 5.13 Å². The van der Waals surface area contributed by atoms with Crippen LogP contribution in [-0.2, 0) is 17.6 Å². The number of anilines is 1. The molecule has 3 aromatic rings. The molecule has 0 bridgehead atoms. The SMILES string of the molecule is Cc1ccc(Cc2nsc(N3CCC[C@@H]3C(=O)NCCc3ccccc3)n2)cc1. The Balaban J connectivity index is 1.34. The first-order valence-electron chi connectivity index (χ1n) is 10.2. The van der Waals surface area contributed by atoms with Crippen molar-refractivity contribution in [2.24, 2.45) is 0 Å². The predicted octanol–water partition coefficient (Wildman–Crippen LogP) is 3.77. The standard InChI is InChI=1S/C23H26N4OS/c1-17-9-11-19(12-10-17)16-21-25-23(29-26-21)27-15-5-8-20(27)22(28)24-14-13-18-6-3-2-4-7-18/h2-4,6-7,9-12,20H,5,8,13-16H2,1H3,(H,24,28)/t20-/m1/s1. The van der Waals surface area contributed by atoms with Crippen molar-refractivity contribution in [1.29, 1.82) is 0 Å². The zero-order chi connectivity index (χ0) is 20.1. The first-order valence-corrected chi connectivity index (χ1v) is 10.9. The number of aromatic nitrogens is 2.